The number of nitrogens with zero attached hydrogens (tertiary/aromatic N) is 2. The van der Waals surface area contributed by atoms with Crippen LogP contribution in [0.15, 0.2) is 30.5 Å². The molecule has 2 N–H and O–H groups in total. The molecule has 7 heteroatoms. The number of anilines is 1. The molecule has 0 radical (unpaired) electrons. The fraction of sp³-hybridized carbons (Fsp3) is 0.250. The molecule has 0 fully saturated rings. The molecule has 0 amide bonds. The van der Waals surface area contributed by atoms with E-state index in [-0.39, 0.29) is 11.7 Å². The molecule has 2 rings (SSSR count). The van der Waals surface area contributed by atoms with E-state index in [2.05, 4.69) is 15.5 Å². The lowest BCUT2D eigenvalue weighted by atomic mass is 10.2. The number of hydrogen-bond acceptors (Lipinski definition) is 5. The van der Waals surface area contributed by atoms with E-state index in [1.165, 1.54) is 19.2 Å². The molecular formula is C12H14N4O3. The summed E-state index contributed by atoms with van der Waals surface area (Å²) in [6, 6.07) is 6.30. The molecule has 1 aromatic heterocycles. The van der Waals surface area contributed by atoms with E-state index < -0.39 is 4.92 Å². The van der Waals surface area contributed by atoms with Crippen molar-refractivity contribution < 1.29 is 9.66 Å². The van der Waals surface area contributed by atoms with Crippen LogP contribution < -0.4 is 10.1 Å². The summed E-state index contributed by atoms with van der Waals surface area (Å²) in [4.78, 5) is 10.3. The first-order chi connectivity index (χ1) is 9.11. The predicted octanol–water partition coefficient (Wildman–Crippen LogP) is 2.50. The third-order valence-electron chi connectivity index (χ3n) is 2.76. The third kappa shape index (κ3) is 2.82. The van der Waals surface area contributed by atoms with Gasteiger partial charge in [0, 0.05) is 12.3 Å². The summed E-state index contributed by atoms with van der Waals surface area (Å²) in [5, 5.41) is 20.7. The van der Waals surface area contributed by atoms with E-state index in [9.17, 15) is 10.1 Å². The summed E-state index contributed by atoms with van der Waals surface area (Å²) < 4.78 is 5.16. The van der Waals surface area contributed by atoms with E-state index in [1.807, 2.05) is 13.0 Å². The van der Waals surface area contributed by atoms with E-state index >= 15 is 0 Å². The average molecular weight is 262 g/mol. The van der Waals surface area contributed by atoms with E-state index in [4.69, 9.17) is 4.74 Å². The lowest BCUT2D eigenvalue weighted by molar-refractivity contribution is -0.384. The van der Waals surface area contributed by atoms with Crippen LogP contribution in [-0.4, -0.2) is 22.2 Å². The number of H-pyrrole nitrogens is 1. The first-order valence-electron chi connectivity index (χ1n) is 5.70. The molecule has 1 heterocycles. The highest BCUT2D eigenvalue weighted by molar-refractivity contribution is 5.61. The molecular weight excluding hydrogens is 248 g/mol. The number of rotatable bonds is 5. The normalized spacial score (nSPS) is 11.9. The van der Waals surface area contributed by atoms with Crippen LogP contribution in [-0.2, 0) is 0 Å². The van der Waals surface area contributed by atoms with Crippen molar-refractivity contribution in [3.8, 4) is 5.75 Å². The second-order valence-electron chi connectivity index (χ2n) is 4.02. The number of hydrogen-bond donors (Lipinski definition) is 2. The van der Waals surface area contributed by atoms with Gasteiger partial charge in [-0.1, -0.05) is 0 Å². The SMILES string of the molecule is COc1cc([N+](=O)[O-])ccc1NC(C)c1ccn[nH]1. The van der Waals surface area contributed by atoms with Crippen LogP contribution in [0.2, 0.25) is 0 Å². The van der Waals surface area contributed by atoms with Gasteiger partial charge < -0.3 is 10.1 Å². The van der Waals surface area contributed by atoms with Crippen LogP contribution in [0.5, 0.6) is 5.75 Å². The largest absolute Gasteiger partial charge is 0.494 e. The molecule has 0 aliphatic rings. The third-order valence-corrected chi connectivity index (χ3v) is 2.76. The van der Waals surface area contributed by atoms with Crippen molar-refractivity contribution in [3.63, 3.8) is 0 Å². The molecule has 2 aromatic rings. The van der Waals surface area contributed by atoms with Crippen LogP contribution >= 0.6 is 0 Å². The topological polar surface area (TPSA) is 93.1 Å². The lowest BCUT2D eigenvalue weighted by Crippen LogP contribution is -2.08. The van der Waals surface area contributed by atoms with Crippen LogP contribution in [0, 0.1) is 10.1 Å². The number of nitrogens with one attached hydrogen (secondary N) is 2. The zero-order valence-corrected chi connectivity index (χ0v) is 10.6. The van der Waals surface area contributed by atoms with E-state index in [0.29, 0.717) is 11.4 Å². The minimum Gasteiger partial charge on any atom is -0.494 e. The minimum atomic E-state index is -0.454. The molecule has 1 aromatic carbocycles. The maximum Gasteiger partial charge on any atom is 0.273 e. The number of nitro groups is 1. The van der Waals surface area contributed by atoms with Gasteiger partial charge in [0.25, 0.3) is 5.69 Å². The highest BCUT2D eigenvalue weighted by Crippen LogP contribution is 2.31. The van der Waals surface area contributed by atoms with Gasteiger partial charge in [-0.15, -0.1) is 0 Å². The Morgan fingerprint density at radius 1 is 1.47 bits per heavy atom. The van der Waals surface area contributed by atoms with Gasteiger partial charge in [0.1, 0.15) is 5.75 Å². The Kier molecular flexibility index (Phi) is 3.65. The number of aromatic amines is 1. The van der Waals surface area contributed by atoms with Gasteiger partial charge in [0.05, 0.1) is 35.5 Å². The van der Waals surface area contributed by atoms with Gasteiger partial charge in [0.15, 0.2) is 0 Å². The summed E-state index contributed by atoms with van der Waals surface area (Å²) in [6.07, 6.45) is 1.67. The van der Waals surface area contributed by atoms with E-state index in [0.717, 1.165) is 5.69 Å². The molecule has 0 saturated carbocycles. The second-order valence-corrected chi connectivity index (χ2v) is 4.02. The maximum atomic E-state index is 10.7. The van der Waals surface area contributed by atoms with Crippen molar-refractivity contribution >= 4 is 11.4 Å². The van der Waals surface area contributed by atoms with Gasteiger partial charge in [-0.2, -0.15) is 5.10 Å². The fourth-order valence-electron chi connectivity index (χ4n) is 1.73. The monoisotopic (exact) mass is 262 g/mol. The van der Waals surface area contributed by atoms with Gasteiger partial charge >= 0.3 is 0 Å². The van der Waals surface area contributed by atoms with Gasteiger partial charge in [-0.25, -0.2) is 0 Å². The van der Waals surface area contributed by atoms with Crippen molar-refractivity contribution in [2.45, 2.75) is 13.0 Å². The Hall–Kier alpha value is -2.57. The number of benzene rings is 1. The summed E-state index contributed by atoms with van der Waals surface area (Å²) in [5.41, 5.74) is 1.60. The Labute approximate surface area is 109 Å². The van der Waals surface area contributed by atoms with Crippen LogP contribution in [0.3, 0.4) is 0 Å². The molecule has 100 valence electrons. The van der Waals surface area contributed by atoms with Crippen molar-refractivity contribution in [2.75, 3.05) is 12.4 Å². The zero-order valence-electron chi connectivity index (χ0n) is 10.6. The number of methoxy groups -OCH3 is 1. The highest BCUT2D eigenvalue weighted by Gasteiger charge is 2.14. The zero-order chi connectivity index (χ0) is 13.8. The number of non-ortho nitro benzene ring substituents is 1. The molecule has 1 atom stereocenters. The molecule has 1 unspecified atom stereocenters. The molecule has 0 aliphatic heterocycles. The lowest BCUT2D eigenvalue weighted by Gasteiger charge is -2.16. The Balaban J connectivity index is 2.22. The summed E-state index contributed by atoms with van der Waals surface area (Å²) in [5.74, 6) is 0.431. The van der Waals surface area contributed by atoms with Gasteiger partial charge in [-0.05, 0) is 19.1 Å². The number of nitro benzene ring substituents is 1. The molecule has 19 heavy (non-hydrogen) atoms. The maximum absolute atomic E-state index is 10.7. The highest BCUT2D eigenvalue weighted by atomic mass is 16.6. The standard InChI is InChI=1S/C12H14N4O3/c1-8(10-5-6-13-15-10)14-11-4-3-9(16(17)18)7-12(11)19-2/h3-8,14H,1-2H3,(H,13,15). The fourth-order valence-corrected chi connectivity index (χ4v) is 1.73. The average Bonchev–Trinajstić information content (AvgIpc) is 2.92. The summed E-state index contributed by atoms with van der Waals surface area (Å²) in [6.45, 7) is 1.95. The predicted molar refractivity (Wildman–Crippen MR) is 70.3 cm³/mol. The van der Waals surface area contributed by atoms with Crippen LogP contribution in [0.4, 0.5) is 11.4 Å². The summed E-state index contributed by atoms with van der Waals surface area (Å²) >= 11 is 0. The van der Waals surface area contributed by atoms with Crippen LogP contribution in [0.1, 0.15) is 18.7 Å². The molecule has 0 aliphatic carbocycles. The molecule has 0 bridgehead atoms. The first kappa shape index (κ1) is 12.9. The number of ether oxygens (including phenoxy) is 1. The summed E-state index contributed by atoms with van der Waals surface area (Å²) in [7, 11) is 1.48. The number of aromatic nitrogens is 2. The van der Waals surface area contributed by atoms with E-state index in [1.54, 1.807) is 12.3 Å². The molecule has 0 saturated heterocycles. The van der Waals surface area contributed by atoms with Gasteiger partial charge in [-0.3, -0.25) is 15.2 Å². The molecule has 0 spiro atoms. The Morgan fingerprint density at radius 3 is 2.84 bits per heavy atom. The smallest absolute Gasteiger partial charge is 0.273 e. The first-order valence-corrected chi connectivity index (χ1v) is 5.70. The second kappa shape index (κ2) is 5.38. The van der Waals surface area contributed by atoms with Crippen molar-refractivity contribution in [3.05, 3.63) is 46.3 Å². The minimum absolute atomic E-state index is 0.00315. The van der Waals surface area contributed by atoms with Gasteiger partial charge in [0.2, 0.25) is 0 Å². The Morgan fingerprint density at radius 2 is 2.26 bits per heavy atom. The Bertz CT molecular complexity index is 568. The molecule has 7 nitrogen and oxygen atoms in total. The van der Waals surface area contributed by atoms with Crippen molar-refractivity contribution in [1.82, 2.24) is 10.2 Å². The quantitative estimate of drug-likeness (QED) is 0.637. The van der Waals surface area contributed by atoms with Crippen molar-refractivity contribution in [2.24, 2.45) is 0 Å². The van der Waals surface area contributed by atoms with Crippen molar-refractivity contribution in [1.29, 1.82) is 0 Å². The van der Waals surface area contributed by atoms with Crippen LogP contribution in [0.25, 0.3) is 0 Å².